The molecule has 1 heterocycles. The number of nitrogens with one attached hydrogen (secondary N) is 1. The van der Waals surface area contributed by atoms with Crippen LogP contribution in [0.3, 0.4) is 0 Å². The number of hydrogen-bond donors (Lipinski definition) is 2. The van der Waals surface area contributed by atoms with Gasteiger partial charge < -0.3 is 10.5 Å². The minimum absolute atomic E-state index is 0.000700. The number of esters is 1. The van der Waals surface area contributed by atoms with Crippen molar-refractivity contribution in [2.24, 2.45) is 5.73 Å². The summed E-state index contributed by atoms with van der Waals surface area (Å²) < 4.78 is 6.34. The number of rotatable bonds is 8. The monoisotopic (exact) mass is 403 g/mol. The molecule has 3 rings (SSSR count). The highest BCUT2D eigenvalue weighted by Crippen LogP contribution is 2.27. The lowest BCUT2D eigenvalue weighted by molar-refractivity contribution is -0.384. The van der Waals surface area contributed by atoms with Gasteiger partial charge in [0.2, 0.25) is 0 Å². The lowest BCUT2D eigenvalue weighted by atomic mass is 9.89. The molecule has 29 heavy (non-hydrogen) atoms. The Labute approximate surface area is 167 Å². The van der Waals surface area contributed by atoms with Crippen LogP contribution in [0.25, 0.3) is 0 Å². The van der Waals surface area contributed by atoms with Gasteiger partial charge in [-0.25, -0.2) is 4.68 Å². The van der Waals surface area contributed by atoms with Gasteiger partial charge >= 0.3 is 5.97 Å². The standard InChI is InChI=1S/C18H25N7O4/c1-2-29-16(26)11-24-18(21-22-23-24)17(20-15-9-4-3-8-14(15)19)12-6-5-7-13(10-12)25(27)28/h5-7,10,14-15,17,20H,2-4,8-9,11,19H2,1H3. The van der Waals surface area contributed by atoms with Gasteiger partial charge in [0.25, 0.3) is 5.69 Å². The van der Waals surface area contributed by atoms with E-state index in [-0.39, 0.29) is 30.9 Å². The van der Waals surface area contributed by atoms with Gasteiger partial charge in [-0.2, -0.15) is 0 Å². The highest BCUT2D eigenvalue weighted by atomic mass is 16.6. The summed E-state index contributed by atoms with van der Waals surface area (Å²) in [5.74, 6) is -0.0930. The van der Waals surface area contributed by atoms with E-state index in [4.69, 9.17) is 10.5 Å². The number of carbonyl (C=O) groups is 1. The molecular weight excluding hydrogens is 378 g/mol. The van der Waals surface area contributed by atoms with Crippen molar-refractivity contribution in [2.45, 2.75) is 57.3 Å². The average molecular weight is 403 g/mol. The number of benzene rings is 1. The molecule has 1 aromatic heterocycles. The van der Waals surface area contributed by atoms with E-state index in [1.807, 2.05) is 0 Å². The van der Waals surface area contributed by atoms with Crippen molar-refractivity contribution in [1.82, 2.24) is 25.5 Å². The van der Waals surface area contributed by atoms with Crippen LogP contribution in [-0.4, -0.2) is 49.8 Å². The first kappa shape index (κ1) is 20.8. The third-order valence-corrected chi connectivity index (χ3v) is 5.02. The SMILES string of the molecule is CCOC(=O)Cn1nnnc1C(NC1CCCCC1N)c1cccc([N+](=O)[O-])c1. The molecule has 11 heteroatoms. The molecule has 1 aromatic carbocycles. The summed E-state index contributed by atoms with van der Waals surface area (Å²) in [6.45, 7) is 1.82. The molecule has 2 aromatic rings. The summed E-state index contributed by atoms with van der Waals surface area (Å²) in [7, 11) is 0. The maximum absolute atomic E-state index is 11.9. The second-order valence-electron chi connectivity index (χ2n) is 7.01. The number of carbonyl (C=O) groups excluding carboxylic acids is 1. The molecule has 1 aliphatic rings. The van der Waals surface area contributed by atoms with Gasteiger partial charge in [0.05, 0.1) is 17.6 Å². The minimum atomic E-state index is -0.562. The Morgan fingerprint density at radius 1 is 1.45 bits per heavy atom. The molecule has 1 aliphatic carbocycles. The molecule has 0 aliphatic heterocycles. The first-order chi connectivity index (χ1) is 14.0. The van der Waals surface area contributed by atoms with Gasteiger partial charge in [-0.05, 0) is 35.8 Å². The Kier molecular flexibility index (Phi) is 6.83. The van der Waals surface area contributed by atoms with E-state index in [1.54, 1.807) is 19.1 Å². The van der Waals surface area contributed by atoms with Crippen LogP contribution in [0.2, 0.25) is 0 Å². The fourth-order valence-electron chi connectivity index (χ4n) is 3.58. The number of nitrogens with two attached hydrogens (primary N) is 1. The minimum Gasteiger partial charge on any atom is -0.465 e. The van der Waals surface area contributed by atoms with Crippen LogP contribution < -0.4 is 11.1 Å². The quantitative estimate of drug-likeness (QED) is 0.375. The van der Waals surface area contributed by atoms with Crippen molar-refractivity contribution in [2.75, 3.05) is 6.61 Å². The van der Waals surface area contributed by atoms with Gasteiger partial charge in [0.1, 0.15) is 6.54 Å². The van der Waals surface area contributed by atoms with Crippen molar-refractivity contribution >= 4 is 11.7 Å². The van der Waals surface area contributed by atoms with Gasteiger partial charge in [-0.15, -0.1) is 5.10 Å². The molecule has 3 unspecified atom stereocenters. The van der Waals surface area contributed by atoms with Gasteiger partial charge in [0, 0.05) is 24.2 Å². The first-order valence-corrected chi connectivity index (χ1v) is 9.67. The fraction of sp³-hybridized carbons (Fsp3) is 0.556. The lowest BCUT2D eigenvalue weighted by Gasteiger charge is -2.32. The molecule has 3 atom stereocenters. The molecule has 0 radical (unpaired) electrons. The zero-order valence-electron chi connectivity index (χ0n) is 16.2. The molecule has 0 bridgehead atoms. The second-order valence-corrected chi connectivity index (χ2v) is 7.01. The molecule has 0 amide bonds. The highest BCUT2D eigenvalue weighted by Gasteiger charge is 2.30. The van der Waals surface area contributed by atoms with E-state index in [9.17, 15) is 14.9 Å². The molecular formula is C18H25N7O4. The van der Waals surface area contributed by atoms with Crippen LogP contribution in [0.15, 0.2) is 24.3 Å². The van der Waals surface area contributed by atoms with Crippen molar-refractivity contribution in [3.8, 4) is 0 Å². The maximum atomic E-state index is 11.9. The van der Waals surface area contributed by atoms with Crippen LogP contribution in [0, 0.1) is 10.1 Å². The summed E-state index contributed by atoms with van der Waals surface area (Å²) in [6.07, 6.45) is 3.89. The second kappa shape index (κ2) is 9.52. The zero-order chi connectivity index (χ0) is 20.8. The van der Waals surface area contributed by atoms with Crippen molar-refractivity contribution in [1.29, 1.82) is 0 Å². The van der Waals surface area contributed by atoms with Crippen molar-refractivity contribution < 1.29 is 14.5 Å². The predicted octanol–water partition coefficient (Wildman–Crippen LogP) is 1.09. The summed E-state index contributed by atoms with van der Waals surface area (Å²) in [5.41, 5.74) is 6.88. The molecule has 11 nitrogen and oxygen atoms in total. The van der Waals surface area contributed by atoms with Crippen molar-refractivity contribution in [3.63, 3.8) is 0 Å². The summed E-state index contributed by atoms with van der Waals surface area (Å²) in [5, 5.41) is 26.4. The molecule has 3 N–H and O–H groups in total. The van der Waals surface area contributed by atoms with Gasteiger partial charge in [0.15, 0.2) is 5.82 Å². The van der Waals surface area contributed by atoms with Crippen LogP contribution in [-0.2, 0) is 16.1 Å². The summed E-state index contributed by atoms with van der Waals surface area (Å²) >= 11 is 0. The Morgan fingerprint density at radius 2 is 2.24 bits per heavy atom. The zero-order valence-corrected chi connectivity index (χ0v) is 16.2. The first-order valence-electron chi connectivity index (χ1n) is 9.67. The van der Waals surface area contributed by atoms with Crippen LogP contribution in [0.4, 0.5) is 5.69 Å². The number of nitro benzene ring substituents is 1. The number of non-ortho nitro benzene ring substituents is 1. The number of nitro groups is 1. The maximum Gasteiger partial charge on any atom is 0.327 e. The van der Waals surface area contributed by atoms with Crippen LogP contribution in [0.5, 0.6) is 0 Å². The lowest BCUT2D eigenvalue weighted by Crippen LogP contribution is -2.49. The molecule has 1 fully saturated rings. The molecule has 156 valence electrons. The largest absolute Gasteiger partial charge is 0.465 e. The Balaban J connectivity index is 1.95. The van der Waals surface area contributed by atoms with Crippen LogP contribution in [0.1, 0.15) is 50.0 Å². The van der Waals surface area contributed by atoms with Gasteiger partial charge in [-0.1, -0.05) is 25.0 Å². The Morgan fingerprint density at radius 3 is 2.97 bits per heavy atom. The van der Waals surface area contributed by atoms with Crippen molar-refractivity contribution in [3.05, 3.63) is 45.8 Å². The van der Waals surface area contributed by atoms with E-state index >= 15 is 0 Å². The third kappa shape index (κ3) is 5.12. The van der Waals surface area contributed by atoms with E-state index < -0.39 is 16.9 Å². The molecule has 0 spiro atoms. The molecule has 1 saturated carbocycles. The number of ether oxygens (including phenoxy) is 1. The molecule has 0 saturated heterocycles. The number of nitrogens with zero attached hydrogens (tertiary/aromatic N) is 5. The van der Waals surface area contributed by atoms with Crippen LogP contribution >= 0.6 is 0 Å². The fourth-order valence-corrected chi connectivity index (χ4v) is 3.58. The number of hydrogen-bond acceptors (Lipinski definition) is 9. The normalized spacial score (nSPS) is 20.2. The number of tetrazole rings is 1. The Bertz CT molecular complexity index is 856. The Hall–Kier alpha value is -2.92. The van der Waals surface area contributed by atoms with E-state index in [0.717, 1.165) is 25.7 Å². The highest BCUT2D eigenvalue weighted by molar-refractivity contribution is 5.69. The van der Waals surface area contributed by atoms with E-state index in [2.05, 4.69) is 20.8 Å². The summed E-state index contributed by atoms with van der Waals surface area (Å²) in [4.78, 5) is 22.7. The van der Waals surface area contributed by atoms with E-state index in [0.29, 0.717) is 11.4 Å². The van der Waals surface area contributed by atoms with E-state index in [1.165, 1.54) is 16.8 Å². The summed E-state index contributed by atoms with van der Waals surface area (Å²) in [6, 6.07) is 5.68. The predicted molar refractivity (Wildman–Crippen MR) is 103 cm³/mol. The van der Waals surface area contributed by atoms with Gasteiger partial charge in [-0.3, -0.25) is 20.2 Å². The smallest absolute Gasteiger partial charge is 0.327 e. The average Bonchev–Trinajstić information content (AvgIpc) is 3.15. The third-order valence-electron chi connectivity index (χ3n) is 5.02. The number of aromatic nitrogens is 4. The topological polar surface area (TPSA) is 151 Å².